The van der Waals surface area contributed by atoms with E-state index < -0.39 is 0 Å². The minimum atomic E-state index is 0.658. The molecule has 0 atom stereocenters. The molecule has 0 fully saturated rings. The molecule has 0 saturated carbocycles. The van der Waals surface area contributed by atoms with E-state index >= 15 is 0 Å². The third kappa shape index (κ3) is 4.70. The molecule has 0 unspecified atom stereocenters. The fraction of sp³-hybridized carbons (Fsp3) is 0.375. The Morgan fingerprint density at radius 1 is 1.20 bits per heavy atom. The molecule has 1 aromatic carbocycles. The topological polar surface area (TPSA) is 21.3 Å². The van der Waals surface area contributed by atoms with Crippen LogP contribution in [0.1, 0.15) is 27.8 Å². The van der Waals surface area contributed by atoms with Gasteiger partial charge in [0.25, 0.3) is 0 Å². The summed E-state index contributed by atoms with van der Waals surface area (Å²) in [5.74, 6) is 0. The van der Waals surface area contributed by atoms with Crippen LogP contribution in [0.15, 0.2) is 34.8 Å². The molecule has 0 bridgehead atoms. The smallest absolute Gasteiger partial charge is 0.0732 e. The fourth-order valence-electron chi connectivity index (χ4n) is 1.93. The molecular formula is C16H20BrNOS. The van der Waals surface area contributed by atoms with Crippen molar-refractivity contribution in [2.24, 2.45) is 0 Å². The van der Waals surface area contributed by atoms with Gasteiger partial charge >= 0.3 is 0 Å². The lowest BCUT2D eigenvalue weighted by molar-refractivity contribution is 0.107. The molecule has 2 aromatic rings. The molecule has 1 heterocycles. The standard InChI is InChI=1S/C16H20BrNOS/c1-3-18-9-16-8-14(12(2)20-16)11-19-10-13-4-6-15(17)7-5-13/h4-8,18H,3,9-11H2,1-2H3. The number of rotatable bonds is 7. The third-order valence-corrected chi connectivity index (χ3v) is 4.68. The maximum Gasteiger partial charge on any atom is 0.0732 e. The van der Waals surface area contributed by atoms with Gasteiger partial charge in [0.2, 0.25) is 0 Å². The second-order valence-electron chi connectivity index (χ2n) is 4.69. The molecule has 20 heavy (non-hydrogen) atoms. The maximum atomic E-state index is 5.82. The molecule has 108 valence electrons. The first-order chi connectivity index (χ1) is 9.69. The van der Waals surface area contributed by atoms with E-state index in [1.807, 2.05) is 23.5 Å². The molecular weight excluding hydrogens is 334 g/mol. The van der Waals surface area contributed by atoms with E-state index in [1.165, 1.54) is 20.9 Å². The highest BCUT2D eigenvalue weighted by molar-refractivity contribution is 9.10. The summed E-state index contributed by atoms with van der Waals surface area (Å²) in [5, 5.41) is 3.36. The molecule has 0 aliphatic rings. The number of halogens is 1. The Kier molecular flexibility index (Phi) is 6.23. The van der Waals surface area contributed by atoms with Crippen LogP contribution in [0.4, 0.5) is 0 Å². The number of benzene rings is 1. The molecule has 0 saturated heterocycles. The van der Waals surface area contributed by atoms with Crippen LogP contribution in [0.25, 0.3) is 0 Å². The van der Waals surface area contributed by atoms with Gasteiger partial charge in [-0.3, -0.25) is 0 Å². The summed E-state index contributed by atoms with van der Waals surface area (Å²) in [4.78, 5) is 2.74. The van der Waals surface area contributed by atoms with Gasteiger partial charge in [-0.05, 0) is 42.8 Å². The zero-order valence-corrected chi connectivity index (χ0v) is 14.3. The van der Waals surface area contributed by atoms with Gasteiger partial charge in [-0.1, -0.05) is 35.0 Å². The highest BCUT2D eigenvalue weighted by Gasteiger charge is 2.05. The minimum absolute atomic E-state index is 0.658. The lowest BCUT2D eigenvalue weighted by atomic mass is 10.2. The third-order valence-electron chi connectivity index (χ3n) is 3.06. The van der Waals surface area contributed by atoms with Crippen molar-refractivity contribution in [2.45, 2.75) is 33.6 Å². The van der Waals surface area contributed by atoms with Crippen LogP contribution in [0.2, 0.25) is 0 Å². The van der Waals surface area contributed by atoms with Crippen LogP contribution in [0.3, 0.4) is 0 Å². The number of hydrogen-bond acceptors (Lipinski definition) is 3. The minimum Gasteiger partial charge on any atom is -0.372 e. The average Bonchev–Trinajstić information content (AvgIpc) is 2.79. The van der Waals surface area contributed by atoms with E-state index in [0.29, 0.717) is 13.2 Å². The first-order valence-electron chi connectivity index (χ1n) is 6.80. The predicted octanol–water partition coefficient (Wildman–Crippen LogP) is 4.65. The molecule has 4 heteroatoms. The van der Waals surface area contributed by atoms with Crippen molar-refractivity contribution in [3.05, 3.63) is 55.7 Å². The van der Waals surface area contributed by atoms with Crippen molar-refractivity contribution >= 4 is 27.3 Å². The van der Waals surface area contributed by atoms with E-state index in [0.717, 1.165) is 17.6 Å². The summed E-state index contributed by atoms with van der Waals surface area (Å²) in [7, 11) is 0. The maximum absolute atomic E-state index is 5.82. The summed E-state index contributed by atoms with van der Waals surface area (Å²) in [6.45, 7) is 7.60. The van der Waals surface area contributed by atoms with Crippen molar-refractivity contribution in [2.75, 3.05) is 6.54 Å². The van der Waals surface area contributed by atoms with Crippen LogP contribution >= 0.6 is 27.3 Å². The first kappa shape index (κ1) is 15.7. The number of ether oxygens (including phenoxy) is 1. The van der Waals surface area contributed by atoms with Gasteiger partial charge in [0.05, 0.1) is 13.2 Å². The van der Waals surface area contributed by atoms with Gasteiger partial charge in [0.15, 0.2) is 0 Å². The Morgan fingerprint density at radius 2 is 1.95 bits per heavy atom. The molecule has 0 aliphatic carbocycles. The van der Waals surface area contributed by atoms with Crippen LogP contribution in [0, 0.1) is 6.92 Å². The molecule has 0 aliphatic heterocycles. The summed E-state index contributed by atoms with van der Waals surface area (Å²) in [5.41, 5.74) is 2.51. The van der Waals surface area contributed by atoms with Gasteiger partial charge in [0.1, 0.15) is 0 Å². The molecule has 0 radical (unpaired) electrons. The zero-order chi connectivity index (χ0) is 14.4. The molecule has 2 rings (SSSR count). The molecule has 2 nitrogen and oxygen atoms in total. The first-order valence-corrected chi connectivity index (χ1v) is 8.41. The summed E-state index contributed by atoms with van der Waals surface area (Å²) in [6.07, 6.45) is 0. The van der Waals surface area contributed by atoms with Crippen molar-refractivity contribution in [1.29, 1.82) is 0 Å². The van der Waals surface area contributed by atoms with Crippen LogP contribution in [-0.2, 0) is 24.5 Å². The molecule has 1 N–H and O–H groups in total. The summed E-state index contributed by atoms with van der Waals surface area (Å²) < 4.78 is 6.92. The van der Waals surface area contributed by atoms with Crippen LogP contribution in [-0.4, -0.2) is 6.54 Å². The van der Waals surface area contributed by atoms with E-state index in [-0.39, 0.29) is 0 Å². The number of nitrogens with one attached hydrogen (secondary N) is 1. The van der Waals surface area contributed by atoms with Crippen molar-refractivity contribution in [1.82, 2.24) is 5.32 Å². The Hall–Kier alpha value is -0.680. The zero-order valence-electron chi connectivity index (χ0n) is 11.9. The Bertz CT molecular complexity index is 536. The van der Waals surface area contributed by atoms with Crippen LogP contribution in [0.5, 0.6) is 0 Å². The van der Waals surface area contributed by atoms with Crippen molar-refractivity contribution < 1.29 is 4.74 Å². The second-order valence-corrected chi connectivity index (χ2v) is 6.95. The Morgan fingerprint density at radius 3 is 2.65 bits per heavy atom. The monoisotopic (exact) mass is 353 g/mol. The van der Waals surface area contributed by atoms with Gasteiger partial charge in [-0.15, -0.1) is 11.3 Å². The van der Waals surface area contributed by atoms with Crippen molar-refractivity contribution in [3.63, 3.8) is 0 Å². The highest BCUT2D eigenvalue weighted by atomic mass is 79.9. The van der Waals surface area contributed by atoms with Gasteiger partial charge in [-0.25, -0.2) is 0 Å². The van der Waals surface area contributed by atoms with Gasteiger partial charge < -0.3 is 10.1 Å². The lowest BCUT2D eigenvalue weighted by Crippen LogP contribution is -2.10. The molecule has 0 spiro atoms. The van der Waals surface area contributed by atoms with Crippen LogP contribution < -0.4 is 5.32 Å². The van der Waals surface area contributed by atoms with E-state index in [2.05, 4.69) is 53.3 Å². The van der Waals surface area contributed by atoms with Gasteiger partial charge in [-0.2, -0.15) is 0 Å². The fourth-order valence-corrected chi connectivity index (χ4v) is 3.21. The van der Waals surface area contributed by atoms with E-state index in [1.54, 1.807) is 0 Å². The Labute approximate surface area is 133 Å². The lowest BCUT2D eigenvalue weighted by Gasteiger charge is -2.04. The normalized spacial score (nSPS) is 10.9. The van der Waals surface area contributed by atoms with E-state index in [9.17, 15) is 0 Å². The summed E-state index contributed by atoms with van der Waals surface area (Å²) in [6, 6.07) is 10.5. The predicted molar refractivity (Wildman–Crippen MR) is 89.1 cm³/mol. The second kappa shape index (κ2) is 7.93. The largest absolute Gasteiger partial charge is 0.372 e. The SMILES string of the molecule is CCNCc1cc(COCc2ccc(Br)cc2)c(C)s1. The molecule has 1 aromatic heterocycles. The Balaban J connectivity index is 1.84. The van der Waals surface area contributed by atoms with E-state index in [4.69, 9.17) is 4.74 Å². The number of thiophene rings is 1. The highest BCUT2D eigenvalue weighted by Crippen LogP contribution is 2.22. The average molecular weight is 354 g/mol. The number of aryl methyl sites for hydroxylation is 1. The van der Waals surface area contributed by atoms with Gasteiger partial charge in [0, 0.05) is 20.8 Å². The number of hydrogen-bond donors (Lipinski definition) is 1. The quantitative estimate of drug-likeness (QED) is 0.782. The van der Waals surface area contributed by atoms with Crippen molar-refractivity contribution in [3.8, 4) is 0 Å². The molecule has 0 amide bonds. The summed E-state index contributed by atoms with van der Waals surface area (Å²) >= 11 is 5.29.